The summed E-state index contributed by atoms with van der Waals surface area (Å²) >= 11 is 0. The van der Waals surface area contributed by atoms with Gasteiger partial charge in [0.25, 0.3) is 0 Å². The fourth-order valence-corrected chi connectivity index (χ4v) is 3.68. The van der Waals surface area contributed by atoms with Gasteiger partial charge in [0.2, 0.25) is 15.9 Å². The highest BCUT2D eigenvalue weighted by Crippen LogP contribution is 2.27. The van der Waals surface area contributed by atoms with Crippen LogP contribution in [0.5, 0.6) is 0 Å². The third-order valence-corrected chi connectivity index (χ3v) is 5.28. The number of sulfonamides is 1. The minimum absolute atomic E-state index is 0.146. The summed E-state index contributed by atoms with van der Waals surface area (Å²) in [5, 5.41) is 2.67. The van der Waals surface area contributed by atoms with E-state index in [1.807, 2.05) is 0 Å². The van der Waals surface area contributed by atoms with Gasteiger partial charge >= 0.3 is 6.18 Å². The van der Waals surface area contributed by atoms with Crippen LogP contribution in [0.1, 0.15) is 32.1 Å². The molecule has 0 heterocycles. The lowest BCUT2D eigenvalue weighted by molar-refractivity contribution is -0.121. The number of rotatable bonds is 6. The summed E-state index contributed by atoms with van der Waals surface area (Å²) in [6, 6.07) is 5.02. The number of benzene rings is 1. The molecule has 2 rings (SSSR count). The summed E-state index contributed by atoms with van der Waals surface area (Å²) in [6.07, 6.45) is 0.143. The van der Waals surface area contributed by atoms with Gasteiger partial charge in [-0.2, -0.15) is 13.2 Å². The molecule has 1 aromatic carbocycles. The number of anilines is 1. The first-order valence-corrected chi connectivity index (χ1v) is 9.10. The molecule has 0 spiro atoms. The monoisotopic (exact) mass is 364 g/mol. The van der Waals surface area contributed by atoms with E-state index in [1.54, 1.807) is 0 Å². The number of hydrogen-bond donors (Lipinski definition) is 2. The summed E-state index contributed by atoms with van der Waals surface area (Å²) < 4.78 is 61.3. The van der Waals surface area contributed by atoms with Gasteiger partial charge in [-0.3, -0.25) is 4.79 Å². The third-order valence-electron chi connectivity index (χ3n) is 3.86. The van der Waals surface area contributed by atoms with Gasteiger partial charge in [0.05, 0.1) is 4.90 Å². The standard InChI is InChI=1S/C15H19F3N2O3S/c16-15(17,18)10-19-24(22,23)13-7-5-12(6-8-13)20-14(21)9-11-3-1-2-4-11/h5-8,11,19H,1-4,9-10H2,(H,20,21). The number of carbonyl (C=O) groups is 1. The number of amides is 1. The molecule has 0 radical (unpaired) electrons. The van der Waals surface area contributed by atoms with E-state index in [0.29, 0.717) is 18.0 Å². The van der Waals surface area contributed by atoms with E-state index in [0.717, 1.165) is 37.8 Å². The smallest absolute Gasteiger partial charge is 0.326 e. The molecule has 1 aliphatic rings. The van der Waals surface area contributed by atoms with Gasteiger partial charge in [-0.15, -0.1) is 0 Å². The normalized spacial score (nSPS) is 16.3. The number of hydrogen-bond acceptors (Lipinski definition) is 3. The van der Waals surface area contributed by atoms with Gasteiger partial charge in [0.15, 0.2) is 0 Å². The predicted molar refractivity (Wildman–Crippen MR) is 82.9 cm³/mol. The summed E-state index contributed by atoms with van der Waals surface area (Å²) in [5.74, 6) is 0.240. The van der Waals surface area contributed by atoms with Crippen LogP contribution in [0.4, 0.5) is 18.9 Å². The van der Waals surface area contributed by atoms with E-state index in [2.05, 4.69) is 5.32 Å². The Morgan fingerprint density at radius 1 is 1.12 bits per heavy atom. The zero-order valence-electron chi connectivity index (χ0n) is 12.9. The lowest BCUT2D eigenvalue weighted by atomic mass is 10.0. The van der Waals surface area contributed by atoms with E-state index in [4.69, 9.17) is 0 Å². The van der Waals surface area contributed by atoms with Crippen molar-refractivity contribution >= 4 is 21.6 Å². The van der Waals surface area contributed by atoms with Crippen molar-refractivity contribution in [2.45, 2.75) is 43.2 Å². The molecule has 1 amide bonds. The van der Waals surface area contributed by atoms with Crippen LogP contribution in [0.15, 0.2) is 29.2 Å². The Morgan fingerprint density at radius 2 is 1.71 bits per heavy atom. The van der Waals surface area contributed by atoms with Crippen LogP contribution < -0.4 is 10.0 Å². The highest BCUT2D eigenvalue weighted by molar-refractivity contribution is 7.89. The summed E-state index contributed by atoms with van der Waals surface area (Å²) in [5.41, 5.74) is 0.410. The number of nitrogens with one attached hydrogen (secondary N) is 2. The van der Waals surface area contributed by atoms with Crippen molar-refractivity contribution in [1.82, 2.24) is 4.72 Å². The second-order valence-electron chi connectivity index (χ2n) is 5.87. The molecule has 0 aromatic heterocycles. The summed E-state index contributed by atoms with van der Waals surface area (Å²) in [6.45, 7) is -1.63. The number of halogens is 3. The molecule has 0 saturated heterocycles. The first-order chi connectivity index (χ1) is 11.2. The van der Waals surface area contributed by atoms with Crippen molar-refractivity contribution in [1.29, 1.82) is 0 Å². The van der Waals surface area contributed by atoms with E-state index in [9.17, 15) is 26.4 Å². The zero-order chi connectivity index (χ0) is 17.8. The van der Waals surface area contributed by atoms with Crippen LogP contribution in [0.3, 0.4) is 0 Å². The molecule has 1 aliphatic carbocycles. The first kappa shape index (κ1) is 18.7. The van der Waals surface area contributed by atoms with Gasteiger partial charge < -0.3 is 5.32 Å². The fraction of sp³-hybridized carbons (Fsp3) is 0.533. The molecule has 134 valence electrons. The van der Waals surface area contributed by atoms with Crippen molar-refractivity contribution in [3.05, 3.63) is 24.3 Å². The maximum atomic E-state index is 12.1. The summed E-state index contributed by atoms with van der Waals surface area (Å²) in [7, 11) is -4.24. The SMILES string of the molecule is O=C(CC1CCCC1)Nc1ccc(S(=O)(=O)NCC(F)(F)F)cc1. The maximum Gasteiger partial charge on any atom is 0.402 e. The fourth-order valence-electron chi connectivity index (χ4n) is 2.67. The Kier molecular flexibility index (Phi) is 5.87. The maximum absolute atomic E-state index is 12.1. The molecule has 24 heavy (non-hydrogen) atoms. The number of alkyl halides is 3. The lowest BCUT2D eigenvalue weighted by Crippen LogP contribution is -2.33. The summed E-state index contributed by atoms with van der Waals surface area (Å²) in [4.78, 5) is 11.6. The topological polar surface area (TPSA) is 75.3 Å². The second kappa shape index (κ2) is 7.52. The van der Waals surface area contributed by atoms with Crippen LogP contribution in [-0.2, 0) is 14.8 Å². The van der Waals surface area contributed by atoms with Crippen LogP contribution >= 0.6 is 0 Å². The van der Waals surface area contributed by atoms with Crippen molar-refractivity contribution in [2.75, 3.05) is 11.9 Å². The van der Waals surface area contributed by atoms with Crippen LogP contribution in [-0.4, -0.2) is 27.0 Å². The molecule has 1 fully saturated rings. The van der Waals surface area contributed by atoms with Gasteiger partial charge in [-0.25, -0.2) is 13.1 Å². The van der Waals surface area contributed by atoms with Crippen molar-refractivity contribution in [2.24, 2.45) is 5.92 Å². The third kappa shape index (κ3) is 5.79. The molecule has 0 bridgehead atoms. The van der Waals surface area contributed by atoms with Crippen molar-refractivity contribution in [3.8, 4) is 0 Å². The van der Waals surface area contributed by atoms with E-state index in [-0.39, 0.29) is 10.8 Å². The predicted octanol–water partition coefficient (Wildman–Crippen LogP) is 3.05. The minimum Gasteiger partial charge on any atom is -0.326 e. The van der Waals surface area contributed by atoms with Gasteiger partial charge in [0, 0.05) is 12.1 Å². The highest BCUT2D eigenvalue weighted by atomic mass is 32.2. The molecule has 1 aromatic rings. The van der Waals surface area contributed by atoms with Crippen molar-refractivity contribution < 1.29 is 26.4 Å². The molecule has 0 unspecified atom stereocenters. The second-order valence-corrected chi connectivity index (χ2v) is 7.63. The molecular weight excluding hydrogens is 345 g/mol. The molecule has 2 N–H and O–H groups in total. The highest BCUT2D eigenvalue weighted by Gasteiger charge is 2.30. The molecule has 5 nitrogen and oxygen atoms in total. The Labute approximate surface area is 138 Å². The quantitative estimate of drug-likeness (QED) is 0.815. The molecule has 9 heteroatoms. The molecular formula is C15H19F3N2O3S. The van der Waals surface area contributed by atoms with Crippen LogP contribution in [0.25, 0.3) is 0 Å². The van der Waals surface area contributed by atoms with Crippen LogP contribution in [0.2, 0.25) is 0 Å². The Bertz CT molecular complexity index is 666. The minimum atomic E-state index is -4.62. The average Bonchev–Trinajstić information content (AvgIpc) is 2.98. The molecule has 0 aliphatic heterocycles. The average molecular weight is 364 g/mol. The Morgan fingerprint density at radius 3 is 2.25 bits per heavy atom. The van der Waals surface area contributed by atoms with Gasteiger partial charge in [-0.05, 0) is 43.0 Å². The zero-order valence-corrected chi connectivity index (χ0v) is 13.7. The van der Waals surface area contributed by atoms with Crippen molar-refractivity contribution in [3.63, 3.8) is 0 Å². The largest absolute Gasteiger partial charge is 0.402 e. The van der Waals surface area contributed by atoms with E-state index >= 15 is 0 Å². The van der Waals surface area contributed by atoms with Crippen LogP contribution in [0, 0.1) is 5.92 Å². The van der Waals surface area contributed by atoms with E-state index < -0.39 is 22.7 Å². The molecule has 0 atom stereocenters. The molecule has 1 saturated carbocycles. The Hall–Kier alpha value is -1.61. The number of carbonyl (C=O) groups excluding carboxylic acids is 1. The first-order valence-electron chi connectivity index (χ1n) is 7.62. The van der Waals surface area contributed by atoms with Gasteiger partial charge in [-0.1, -0.05) is 12.8 Å². The van der Waals surface area contributed by atoms with E-state index in [1.165, 1.54) is 16.9 Å². The Balaban J connectivity index is 1.93. The lowest BCUT2D eigenvalue weighted by Gasteiger charge is -2.11. The van der Waals surface area contributed by atoms with Gasteiger partial charge in [0.1, 0.15) is 6.54 Å².